The van der Waals surface area contributed by atoms with Crippen LogP contribution in [0.3, 0.4) is 0 Å². The molecule has 2 heteroatoms. The molecule has 17 heavy (non-hydrogen) atoms. The molecular formula is C15H25NO. The summed E-state index contributed by atoms with van der Waals surface area (Å²) in [6, 6.07) is 8.93. The van der Waals surface area contributed by atoms with Crippen molar-refractivity contribution in [3.8, 4) is 0 Å². The highest BCUT2D eigenvalue weighted by Gasteiger charge is 2.21. The van der Waals surface area contributed by atoms with Gasteiger partial charge in [0.25, 0.3) is 0 Å². The smallest absolute Gasteiger partial charge is 0.0496 e. The molecule has 96 valence electrons. The van der Waals surface area contributed by atoms with Gasteiger partial charge < -0.3 is 10.4 Å². The molecule has 2 N–H and O–H groups in total. The van der Waals surface area contributed by atoms with Crippen molar-refractivity contribution in [2.75, 3.05) is 13.2 Å². The normalized spacial score (nSPS) is 16.5. The van der Waals surface area contributed by atoms with Crippen LogP contribution in [-0.2, 0) is 0 Å². The van der Waals surface area contributed by atoms with Crippen molar-refractivity contribution in [1.29, 1.82) is 0 Å². The molecule has 0 radical (unpaired) electrons. The molecule has 1 aromatic rings. The minimum atomic E-state index is -0.0149. The van der Waals surface area contributed by atoms with Gasteiger partial charge in [-0.15, -0.1) is 0 Å². The molecule has 1 unspecified atom stereocenters. The summed E-state index contributed by atoms with van der Waals surface area (Å²) in [5, 5.41) is 12.9. The molecule has 0 aliphatic carbocycles. The van der Waals surface area contributed by atoms with Crippen LogP contribution in [0.25, 0.3) is 0 Å². The summed E-state index contributed by atoms with van der Waals surface area (Å²) in [6.07, 6.45) is 0.983. The Morgan fingerprint density at radius 3 is 2.35 bits per heavy atom. The summed E-state index contributed by atoms with van der Waals surface area (Å²) in [5.74, 6) is 0. The predicted molar refractivity (Wildman–Crippen MR) is 73.1 cm³/mol. The summed E-state index contributed by atoms with van der Waals surface area (Å²) in [4.78, 5) is 0. The number of nitrogens with one attached hydrogen (secondary N) is 1. The van der Waals surface area contributed by atoms with E-state index in [0.717, 1.165) is 13.0 Å². The minimum absolute atomic E-state index is 0.0149. The Bertz CT molecular complexity index is 327. The van der Waals surface area contributed by atoms with Crippen LogP contribution in [-0.4, -0.2) is 18.3 Å². The maximum Gasteiger partial charge on any atom is 0.0496 e. The summed E-state index contributed by atoms with van der Waals surface area (Å²) >= 11 is 0. The third-order valence-corrected chi connectivity index (χ3v) is 3.65. The third kappa shape index (κ3) is 4.14. The van der Waals surface area contributed by atoms with Gasteiger partial charge in [0.2, 0.25) is 0 Å². The van der Waals surface area contributed by atoms with Crippen molar-refractivity contribution in [3.63, 3.8) is 0 Å². The second-order valence-electron chi connectivity index (χ2n) is 5.34. The molecule has 2 atom stereocenters. The molecule has 0 saturated carbocycles. The molecule has 0 saturated heterocycles. The molecule has 0 aliphatic heterocycles. The third-order valence-electron chi connectivity index (χ3n) is 3.65. The highest BCUT2D eigenvalue weighted by Crippen LogP contribution is 2.21. The van der Waals surface area contributed by atoms with Crippen molar-refractivity contribution in [3.05, 3.63) is 35.4 Å². The van der Waals surface area contributed by atoms with E-state index in [1.807, 2.05) is 0 Å². The zero-order valence-electron chi connectivity index (χ0n) is 11.5. The lowest BCUT2D eigenvalue weighted by Gasteiger charge is -2.28. The SMILES string of the molecule is CCC(C)(CO)CN[C@H](C)c1ccc(C)cc1. The molecule has 0 spiro atoms. The second kappa shape index (κ2) is 6.18. The number of hydrogen-bond acceptors (Lipinski definition) is 2. The molecule has 1 aromatic carbocycles. The molecule has 2 nitrogen and oxygen atoms in total. The first kappa shape index (κ1) is 14.2. The molecule has 0 aliphatic rings. The van der Waals surface area contributed by atoms with Gasteiger partial charge in [0.1, 0.15) is 0 Å². The van der Waals surface area contributed by atoms with E-state index < -0.39 is 0 Å². The Balaban J connectivity index is 2.55. The number of rotatable bonds is 6. The van der Waals surface area contributed by atoms with Crippen molar-refractivity contribution in [2.24, 2.45) is 5.41 Å². The van der Waals surface area contributed by atoms with E-state index in [0.29, 0.717) is 6.04 Å². The molecule has 0 fully saturated rings. The number of aliphatic hydroxyl groups excluding tert-OH is 1. The lowest BCUT2D eigenvalue weighted by Crippen LogP contribution is -2.35. The summed E-state index contributed by atoms with van der Waals surface area (Å²) in [5.41, 5.74) is 2.57. The van der Waals surface area contributed by atoms with Crippen molar-refractivity contribution in [1.82, 2.24) is 5.32 Å². The quantitative estimate of drug-likeness (QED) is 0.794. The van der Waals surface area contributed by atoms with Gasteiger partial charge in [-0.3, -0.25) is 0 Å². The monoisotopic (exact) mass is 235 g/mol. The van der Waals surface area contributed by atoms with E-state index in [1.165, 1.54) is 11.1 Å². The van der Waals surface area contributed by atoms with Gasteiger partial charge in [-0.25, -0.2) is 0 Å². The summed E-state index contributed by atoms with van der Waals surface area (Å²) in [6.45, 7) is 9.57. The predicted octanol–water partition coefficient (Wildman–Crippen LogP) is 3.05. The van der Waals surface area contributed by atoms with Gasteiger partial charge in [-0.1, -0.05) is 43.7 Å². The molecule has 0 heterocycles. The zero-order chi connectivity index (χ0) is 12.9. The van der Waals surface area contributed by atoms with E-state index >= 15 is 0 Å². The van der Waals surface area contributed by atoms with E-state index in [9.17, 15) is 5.11 Å². The van der Waals surface area contributed by atoms with E-state index in [2.05, 4.69) is 57.3 Å². The summed E-state index contributed by atoms with van der Waals surface area (Å²) in [7, 11) is 0. The largest absolute Gasteiger partial charge is 0.396 e. The first-order valence-electron chi connectivity index (χ1n) is 6.41. The number of benzene rings is 1. The number of aryl methyl sites for hydroxylation is 1. The van der Waals surface area contributed by atoms with Gasteiger partial charge in [0.15, 0.2) is 0 Å². The molecule has 0 aromatic heterocycles. The summed E-state index contributed by atoms with van der Waals surface area (Å²) < 4.78 is 0. The Labute approximate surface area is 105 Å². The van der Waals surface area contributed by atoms with Crippen LogP contribution in [0.15, 0.2) is 24.3 Å². The van der Waals surface area contributed by atoms with E-state index in [1.54, 1.807) is 0 Å². The van der Waals surface area contributed by atoms with Gasteiger partial charge in [0, 0.05) is 24.6 Å². The van der Waals surface area contributed by atoms with Crippen LogP contribution in [0, 0.1) is 12.3 Å². The van der Waals surface area contributed by atoms with Crippen LogP contribution in [0.2, 0.25) is 0 Å². The topological polar surface area (TPSA) is 32.3 Å². The average Bonchev–Trinajstić information content (AvgIpc) is 2.36. The minimum Gasteiger partial charge on any atom is -0.396 e. The lowest BCUT2D eigenvalue weighted by atomic mass is 9.88. The van der Waals surface area contributed by atoms with Crippen molar-refractivity contribution in [2.45, 2.75) is 40.2 Å². The Morgan fingerprint density at radius 1 is 1.29 bits per heavy atom. The van der Waals surface area contributed by atoms with Gasteiger partial charge in [0.05, 0.1) is 0 Å². The number of aliphatic hydroxyl groups is 1. The Morgan fingerprint density at radius 2 is 1.88 bits per heavy atom. The highest BCUT2D eigenvalue weighted by molar-refractivity contribution is 5.23. The van der Waals surface area contributed by atoms with Gasteiger partial charge in [-0.2, -0.15) is 0 Å². The van der Waals surface area contributed by atoms with Crippen LogP contribution in [0.1, 0.15) is 44.4 Å². The van der Waals surface area contributed by atoms with Gasteiger partial charge in [-0.05, 0) is 25.8 Å². The first-order valence-corrected chi connectivity index (χ1v) is 6.41. The first-order chi connectivity index (χ1) is 8.00. The Hall–Kier alpha value is -0.860. The fraction of sp³-hybridized carbons (Fsp3) is 0.600. The average molecular weight is 235 g/mol. The molecular weight excluding hydrogens is 210 g/mol. The highest BCUT2D eigenvalue weighted by atomic mass is 16.3. The lowest BCUT2D eigenvalue weighted by molar-refractivity contribution is 0.132. The maximum absolute atomic E-state index is 9.37. The fourth-order valence-corrected chi connectivity index (χ4v) is 1.67. The van der Waals surface area contributed by atoms with E-state index in [4.69, 9.17) is 0 Å². The van der Waals surface area contributed by atoms with Crippen molar-refractivity contribution >= 4 is 0 Å². The standard InChI is InChI=1S/C15H25NO/c1-5-15(4,11-17)10-16-13(3)14-8-6-12(2)7-9-14/h6-9,13,16-17H,5,10-11H2,1-4H3/t13-,15?/m1/s1. The molecule has 1 rings (SSSR count). The van der Waals surface area contributed by atoms with Crippen LogP contribution < -0.4 is 5.32 Å². The fourth-order valence-electron chi connectivity index (χ4n) is 1.67. The number of hydrogen-bond donors (Lipinski definition) is 2. The second-order valence-corrected chi connectivity index (χ2v) is 5.34. The van der Waals surface area contributed by atoms with Gasteiger partial charge >= 0.3 is 0 Å². The zero-order valence-corrected chi connectivity index (χ0v) is 11.5. The van der Waals surface area contributed by atoms with Crippen LogP contribution >= 0.6 is 0 Å². The Kier molecular flexibility index (Phi) is 5.16. The van der Waals surface area contributed by atoms with Crippen LogP contribution in [0.4, 0.5) is 0 Å². The maximum atomic E-state index is 9.37. The van der Waals surface area contributed by atoms with E-state index in [-0.39, 0.29) is 12.0 Å². The molecule has 0 bridgehead atoms. The molecule has 0 amide bonds. The van der Waals surface area contributed by atoms with Crippen LogP contribution in [0.5, 0.6) is 0 Å². The van der Waals surface area contributed by atoms with Crippen molar-refractivity contribution < 1.29 is 5.11 Å².